The lowest BCUT2D eigenvalue weighted by Crippen LogP contribution is -2.22. The lowest BCUT2D eigenvalue weighted by Gasteiger charge is -2.22. The van der Waals surface area contributed by atoms with Crippen LogP contribution in [0.25, 0.3) is 11.6 Å². The summed E-state index contributed by atoms with van der Waals surface area (Å²) in [4.78, 5) is 8.55. The molecule has 1 fully saturated rings. The molecule has 1 aliphatic heterocycles. The average Bonchev–Trinajstić information content (AvgIpc) is 3.18. The molecule has 3 heterocycles. The summed E-state index contributed by atoms with van der Waals surface area (Å²) in [7, 11) is 0. The van der Waals surface area contributed by atoms with E-state index in [1.165, 1.54) is 19.3 Å². The van der Waals surface area contributed by atoms with Gasteiger partial charge in [0, 0.05) is 29.6 Å². The van der Waals surface area contributed by atoms with Crippen LogP contribution in [0, 0.1) is 0 Å². The maximum atomic E-state index is 10.6. The second-order valence-corrected chi connectivity index (χ2v) is 6.69. The highest BCUT2D eigenvalue weighted by atomic mass is 16.4. The van der Waals surface area contributed by atoms with Gasteiger partial charge in [-0.05, 0) is 37.5 Å². The second kappa shape index (κ2) is 6.75. The quantitative estimate of drug-likeness (QED) is 0.828. The van der Waals surface area contributed by atoms with Crippen molar-refractivity contribution >= 4 is 29.6 Å². The number of pyridine rings is 1. The number of nitrogens with one attached hydrogen (secondary N) is 1. The first-order valence-corrected chi connectivity index (χ1v) is 9.08. The van der Waals surface area contributed by atoms with Crippen LogP contribution in [0.1, 0.15) is 55.9 Å². The van der Waals surface area contributed by atoms with Crippen LogP contribution in [0.2, 0.25) is 0 Å². The molecule has 0 aromatic carbocycles. The first-order valence-electron chi connectivity index (χ1n) is 9.08. The topological polar surface area (TPSA) is 70.7 Å². The minimum Gasteiger partial charge on any atom is -0.504 e. The van der Waals surface area contributed by atoms with E-state index in [1.54, 1.807) is 12.4 Å². The molecule has 0 spiro atoms. The molecule has 0 radical (unpaired) electrons. The number of hydrogen-bond donors (Lipinski definition) is 2. The van der Waals surface area contributed by atoms with Crippen molar-refractivity contribution < 1.29 is 9.52 Å². The normalized spacial score (nSPS) is 18.7. The van der Waals surface area contributed by atoms with Crippen molar-refractivity contribution in [2.75, 3.05) is 5.32 Å². The third-order valence-corrected chi connectivity index (χ3v) is 5.01. The molecule has 5 heteroatoms. The molecule has 0 bridgehead atoms. The van der Waals surface area contributed by atoms with E-state index in [9.17, 15) is 5.11 Å². The molecule has 1 saturated carbocycles. The summed E-state index contributed by atoms with van der Waals surface area (Å²) in [6, 6.07) is 4.29. The summed E-state index contributed by atoms with van der Waals surface area (Å²) in [6.45, 7) is 2.03. The lowest BCUT2D eigenvalue weighted by molar-refractivity contribution is 0.442. The van der Waals surface area contributed by atoms with E-state index in [-0.39, 0.29) is 5.75 Å². The Morgan fingerprint density at radius 3 is 2.96 bits per heavy atom. The van der Waals surface area contributed by atoms with Crippen molar-refractivity contribution in [2.24, 2.45) is 4.99 Å². The molecule has 2 aliphatic rings. The predicted octanol–water partition coefficient (Wildman–Crippen LogP) is 4.94. The second-order valence-electron chi connectivity index (χ2n) is 6.69. The van der Waals surface area contributed by atoms with Gasteiger partial charge in [0.25, 0.3) is 0 Å². The Hall–Kier alpha value is -2.56. The number of aromatic hydroxyl groups is 1. The van der Waals surface area contributed by atoms with E-state index in [0.717, 1.165) is 36.0 Å². The molecule has 2 aromatic rings. The Morgan fingerprint density at radius 1 is 1.32 bits per heavy atom. The zero-order chi connectivity index (χ0) is 17.2. The summed E-state index contributed by atoms with van der Waals surface area (Å²) >= 11 is 0. The maximum Gasteiger partial charge on any atom is 0.200 e. The SMILES string of the molecule is CCc1c(NC2CCCCC2)oc(C=C2C=Nc3ncccc32)c1O. The first-order chi connectivity index (χ1) is 12.3. The number of rotatable bonds is 4. The van der Waals surface area contributed by atoms with Crippen molar-refractivity contribution in [1.29, 1.82) is 0 Å². The van der Waals surface area contributed by atoms with Crippen molar-refractivity contribution in [3.8, 4) is 5.75 Å². The van der Waals surface area contributed by atoms with Gasteiger partial charge < -0.3 is 14.8 Å². The number of hydrogen-bond acceptors (Lipinski definition) is 5. The van der Waals surface area contributed by atoms with Gasteiger partial charge in [0.2, 0.25) is 5.88 Å². The number of aromatic nitrogens is 1. The minimum absolute atomic E-state index is 0.221. The molecule has 2 aromatic heterocycles. The highest BCUT2D eigenvalue weighted by Gasteiger charge is 2.22. The largest absolute Gasteiger partial charge is 0.504 e. The highest BCUT2D eigenvalue weighted by Crippen LogP contribution is 2.39. The molecule has 0 amide bonds. The number of aliphatic imine (C=N–C) groups is 1. The van der Waals surface area contributed by atoms with Crippen LogP contribution in [0.3, 0.4) is 0 Å². The number of allylic oxidation sites excluding steroid dienone is 1. The number of furan rings is 1. The molecule has 4 rings (SSSR count). The third kappa shape index (κ3) is 3.06. The Kier molecular flexibility index (Phi) is 4.30. The van der Waals surface area contributed by atoms with Crippen molar-refractivity contribution in [1.82, 2.24) is 4.98 Å². The minimum atomic E-state index is 0.221. The number of anilines is 1. The summed E-state index contributed by atoms with van der Waals surface area (Å²) in [6.07, 6.45) is 12.2. The van der Waals surface area contributed by atoms with Crippen LogP contribution >= 0.6 is 0 Å². The standard InChI is InChI=1S/C20H23N3O2/c1-2-15-18(24)17(25-20(15)23-14-7-4-3-5-8-14)11-13-12-22-19-16(13)9-6-10-21-19/h6,9-12,14,23-24H,2-5,7-8H2,1H3. The fourth-order valence-corrected chi connectivity index (χ4v) is 3.63. The van der Waals surface area contributed by atoms with Gasteiger partial charge in [-0.1, -0.05) is 26.2 Å². The zero-order valence-electron chi connectivity index (χ0n) is 14.5. The molecule has 0 unspecified atom stereocenters. The number of nitrogens with zero attached hydrogens (tertiary/aromatic N) is 2. The van der Waals surface area contributed by atoms with Crippen molar-refractivity contribution in [3.63, 3.8) is 0 Å². The summed E-state index contributed by atoms with van der Waals surface area (Å²) < 4.78 is 6.00. The Balaban J connectivity index is 1.65. The molecule has 2 N–H and O–H groups in total. The zero-order valence-corrected chi connectivity index (χ0v) is 14.5. The van der Waals surface area contributed by atoms with Gasteiger partial charge >= 0.3 is 0 Å². The fraction of sp³-hybridized carbons (Fsp3) is 0.400. The van der Waals surface area contributed by atoms with E-state index in [1.807, 2.05) is 25.1 Å². The van der Waals surface area contributed by atoms with Crippen LogP contribution < -0.4 is 5.32 Å². The van der Waals surface area contributed by atoms with Crippen LogP contribution in [-0.4, -0.2) is 22.3 Å². The van der Waals surface area contributed by atoms with Gasteiger partial charge in [0.15, 0.2) is 17.3 Å². The predicted molar refractivity (Wildman–Crippen MR) is 101 cm³/mol. The molecule has 1 aliphatic carbocycles. The summed E-state index contributed by atoms with van der Waals surface area (Å²) in [5.41, 5.74) is 2.70. The summed E-state index contributed by atoms with van der Waals surface area (Å²) in [5, 5.41) is 14.1. The fourth-order valence-electron chi connectivity index (χ4n) is 3.63. The van der Waals surface area contributed by atoms with E-state index in [4.69, 9.17) is 4.42 Å². The van der Waals surface area contributed by atoms with Gasteiger partial charge in [0.1, 0.15) is 0 Å². The molecule has 5 nitrogen and oxygen atoms in total. The Labute approximate surface area is 147 Å². The first kappa shape index (κ1) is 15.9. The molecule has 0 atom stereocenters. The van der Waals surface area contributed by atoms with Crippen LogP contribution in [0.4, 0.5) is 11.7 Å². The average molecular weight is 337 g/mol. The molecular weight excluding hydrogens is 314 g/mol. The van der Waals surface area contributed by atoms with Crippen LogP contribution in [0.5, 0.6) is 5.75 Å². The van der Waals surface area contributed by atoms with Crippen LogP contribution in [-0.2, 0) is 6.42 Å². The van der Waals surface area contributed by atoms with E-state index < -0.39 is 0 Å². The molecule has 130 valence electrons. The van der Waals surface area contributed by atoms with Crippen LogP contribution in [0.15, 0.2) is 27.7 Å². The van der Waals surface area contributed by atoms with Gasteiger partial charge in [0.05, 0.1) is 5.56 Å². The lowest BCUT2D eigenvalue weighted by atomic mass is 9.95. The Bertz CT molecular complexity index is 829. The van der Waals surface area contributed by atoms with Crippen molar-refractivity contribution in [3.05, 3.63) is 35.2 Å². The van der Waals surface area contributed by atoms with Gasteiger partial charge in [-0.25, -0.2) is 9.98 Å². The molecule has 25 heavy (non-hydrogen) atoms. The highest BCUT2D eigenvalue weighted by molar-refractivity contribution is 6.20. The smallest absolute Gasteiger partial charge is 0.200 e. The number of fused-ring (bicyclic) bond motifs is 1. The van der Waals surface area contributed by atoms with Gasteiger partial charge in [-0.2, -0.15) is 0 Å². The van der Waals surface area contributed by atoms with E-state index in [2.05, 4.69) is 15.3 Å². The molecular formula is C20H23N3O2. The molecule has 0 saturated heterocycles. The summed E-state index contributed by atoms with van der Waals surface area (Å²) in [5.74, 6) is 2.11. The van der Waals surface area contributed by atoms with Gasteiger partial charge in [-0.15, -0.1) is 0 Å². The van der Waals surface area contributed by atoms with Crippen molar-refractivity contribution in [2.45, 2.75) is 51.5 Å². The van der Waals surface area contributed by atoms with E-state index in [0.29, 0.717) is 23.5 Å². The van der Waals surface area contributed by atoms with E-state index >= 15 is 0 Å². The monoisotopic (exact) mass is 337 g/mol. The Morgan fingerprint density at radius 2 is 2.16 bits per heavy atom. The van der Waals surface area contributed by atoms with Gasteiger partial charge in [-0.3, -0.25) is 0 Å². The third-order valence-electron chi connectivity index (χ3n) is 5.01. The maximum absolute atomic E-state index is 10.6.